The van der Waals surface area contributed by atoms with E-state index in [2.05, 4.69) is 53.2 Å². The molecule has 1 spiro atoms. The molecule has 0 aromatic heterocycles. The van der Waals surface area contributed by atoms with Crippen LogP contribution in [0.25, 0.3) is 0 Å². The van der Waals surface area contributed by atoms with E-state index in [1.165, 1.54) is 4.90 Å². The van der Waals surface area contributed by atoms with Crippen LogP contribution in [0.15, 0.2) is 79.9 Å². The summed E-state index contributed by atoms with van der Waals surface area (Å²) in [5.41, 5.74) is 0.975. The van der Waals surface area contributed by atoms with E-state index in [1.807, 2.05) is 54.6 Å². The van der Waals surface area contributed by atoms with E-state index in [-0.39, 0.29) is 42.8 Å². The zero-order chi connectivity index (χ0) is 36.9. The molecule has 1 unspecified atom stereocenters. The van der Waals surface area contributed by atoms with Gasteiger partial charge in [-0.1, -0.05) is 58.4 Å². The number of hydrogen-bond donors (Lipinski definition) is 2. The minimum absolute atomic E-state index is 0.112. The molecule has 0 saturated carbocycles. The van der Waals surface area contributed by atoms with Crippen molar-refractivity contribution >= 4 is 51.0 Å². The molecule has 274 valence electrons. The molecular weight excluding hydrogens is 716 g/mol. The number of carbonyl (C=O) groups is 4. The van der Waals surface area contributed by atoms with Gasteiger partial charge in [0.25, 0.3) is 5.91 Å². The molecule has 3 heterocycles. The van der Waals surface area contributed by atoms with Crippen LogP contribution in [0.2, 0.25) is 0 Å². The quantitative estimate of drug-likeness (QED) is 0.137. The van der Waals surface area contributed by atoms with Crippen LogP contribution in [0, 0.1) is 11.8 Å². The number of carbonyl (C=O) groups excluding carboxylic acids is 4. The number of amides is 3. The Labute approximate surface area is 308 Å². The molecular formula is C39H49BrN4O7. The molecule has 2 aromatic rings. The molecule has 11 nitrogen and oxygen atoms in total. The molecule has 3 aliphatic heterocycles. The highest BCUT2D eigenvalue weighted by Crippen LogP contribution is 2.60. The molecule has 0 aliphatic carbocycles. The summed E-state index contributed by atoms with van der Waals surface area (Å²) in [6, 6.07) is 15.1. The Balaban J connectivity index is 1.47. The average molecular weight is 766 g/mol. The predicted molar refractivity (Wildman–Crippen MR) is 199 cm³/mol. The van der Waals surface area contributed by atoms with Gasteiger partial charge in [0.1, 0.15) is 17.7 Å². The number of anilines is 2. The number of aliphatic hydroxyl groups excluding tert-OH is 1. The molecule has 3 amide bonds. The summed E-state index contributed by atoms with van der Waals surface area (Å²) in [5.74, 6) is -3.75. The fraction of sp³-hybridized carbons (Fsp3) is 0.487. The van der Waals surface area contributed by atoms with Gasteiger partial charge in [0.05, 0.1) is 30.6 Å². The summed E-state index contributed by atoms with van der Waals surface area (Å²) < 4.78 is 12.9. The third-order valence-electron chi connectivity index (χ3n) is 10.3. The number of allylic oxidation sites excluding steroid dienone is 1. The lowest BCUT2D eigenvalue weighted by Gasteiger charge is -2.37. The number of hydrogen-bond acceptors (Lipinski definition) is 8. The van der Waals surface area contributed by atoms with Gasteiger partial charge >= 0.3 is 5.97 Å². The zero-order valence-corrected chi connectivity index (χ0v) is 31.2. The van der Waals surface area contributed by atoms with Crippen molar-refractivity contribution in [3.63, 3.8) is 0 Å². The first-order chi connectivity index (χ1) is 24.6. The molecule has 2 bridgehead atoms. The molecule has 3 saturated heterocycles. The second-order valence-electron chi connectivity index (χ2n) is 13.3. The topological polar surface area (TPSA) is 129 Å². The van der Waals surface area contributed by atoms with Crippen LogP contribution in [0.3, 0.4) is 0 Å². The highest BCUT2D eigenvalue weighted by atomic mass is 79.9. The second kappa shape index (κ2) is 16.6. The van der Waals surface area contributed by atoms with Gasteiger partial charge in [-0.25, -0.2) is 0 Å². The summed E-state index contributed by atoms with van der Waals surface area (Å²) in [5, 5.41) is 13.0. The van der Waals surface area contributed by atoms with Gasteiger partial charge in [-0.15, -0.1) is 13.2 Å². The number of aliphatic hydroxyl groups is 1. The zero-order valence-electron chi connectivity index (χ0n) is 29.6. The number of alkyl halides is 1. The number of ether oxygens (including phenoxy) is 2. The van der Waals surface area contributed by atoms with E-state index in [0.29, 0.717) is 24.1 Å². The first kappa shape index (κ1) is 38.2. The molecule has 0 radical (unpaired) electrons. The smallest absolute Gasteiger partial charge is 0.313 e. The first-order valence-corrected chi connectivity index (χ1v) is 18.6. The van der Waals surface area contributed by atoms with Crippen molar-refractivity contribution < 1.29 is 33.8 Å². The van der Waals surface area contributed by atoms with E-state index in [9.17, 15) is 24.3 Å². The van der Waals surface area contributed by atoms with Gasteiger partial charge in [0, 0.05) is 48.8 Å². The monoisotopic (exact) mass is 764 g/mol. The van der Waals surface area contributed by atoms with Crippen LogP contribution in [0.5, 0.6) is 0 Å². The molecule has 3 fully saturated rings. The lowest BCUT2D eigenvalue weighted by molar-refractivity contribution is -0.162. The molecule has 2 aromatic carbocycles. The van der Waals surface area contributed by atoms with E-state index in [0.717, 1.165) is 18.8 Å². The number of esters is 1. The van der Waals surface area contributed by atoms with Gasteiger partial charge < -0.3 is 34.6 Å². The van der Waals surface area contributed by atoms with Crippen molar-refractivity contribution in [2.45, 2.75) is 74.8 Å². The number of nitrogens with one attached hydrogen (secondary N) is 1. The van der Waals surface area contributed by atoms with E-state index >= 15 is 0 Å². The Bertz CT molecular complexity index is 1590. The Hall–Kier alpha value is -4.00. The molecule has 5 rings (SSSR count). The number of halogens is 1. The van der Waals surface area contributed by atoms with Crippen molar-refractivity contribution in [1.82, 2.24) is 10.2 Å². The third-order valence-corrected chi connectivity index (χ3v) is 11.1. The van der Waals surface area contributed by atoms with Gasteiger partial charge in [-0.05, 0) is 63.4 Å². The van der Waals surface area contributed by atoms with Crippen LogP contribution in [-0.4, -0.2) is 95.1 Å². The van der Waals surface area contributed by atoms with Gasteiger partial charge in [0.2, 0.25) is 11.8 Å². The maximum atomic E-state index is 14.8. The van der Waals surface area contributed by atoms with Crippen molar-refractivity contribution in [3.05, 3.63) is 85.5 Å². The normalized spacial score (nSPS) is 25.9. The number of β-amino-alcohol motifs (C(OH)–C–C–N with tert-alkyl or cyclic N) is 1. The molecule has 12 heteroatoms. The van der Waals surface area contributed by atoms with Gasteiger partial charge in [0.15, 0.2) is 0 Å². The number of nitrogens with zero attached hydrogens (tertiary/aromatic N) is 3. The number of benzene rings is 2. The molecule has 8 atom stereocenters. The van der Waals surface area contributed by atoms with Crippen LogP contribution >= 0.6 is 15.9 Å². The summed E-state index contributed by atoms with van der Waals surface area (Å²) >= 11 is 3.71. The number of likely N-dealkylation sites (tertiary alicyclic amines) is 1. The van der Waals surface area contributed by atoms with Crippen LogP contribution in [-0.2, 0) is 28.7 Å². The Morgan fingerprint density at radius 3 is 2.37 bits per heavy atom. The molecule has 3 aliphatic rings. The van der Waals surface area contributed by atoms with Crippen LogP contribution in [0.4, 0.5) is 11.4 Å². The first-order valence-electron chi connectivity index (χ1n) is 17.7. The predicted octanol–water partition coefficient (Wildman–Crippen LogP) is 4.55. The highest BCUT2D eigenvalue weighted by molar-refractivity contribution is 9.09. The second-order valence-corrected chi connectivity index (χ2v) is 14.5. The van der Waals surface area contributed by atoms with E-state index in [4.69, 9.17) is 9.47 Å². The third kappa shape index (κ3) is 7.36. The highest BCUT2D eigenvalue weighted by Gasteiger charge is 2.77. The Morgan fingerprint density at radius 1 is 1.10 bits per heavy atom. The average Bonchev–Trinajstić information content (AvgIpc) is 3.72. The van der Waals surface area contributed by atoms with Crippen molar-refractivity contribution in [2.24, 2.45) is 11.8 Å². The fourth-order valence-corrected chi connectivity index (χ4v) is 8.94. The lowest BCUT2D eigenvalue weighted by atomic mass is 9.70. The van der Waals surface area contributed by atoms with E-state index < -0.39 is 53.6 Å². The minimum atomic E-state index is -1.35. The Kier molecular flexibility index (Phi) is 12.4. The standard InChI is InChI=1S/C39H49BrN4O7/c1-6-10-16-30(46)41-25(5)33(26-14-12-11-13-15-26)50-38(49)31-32-36(47)44(22-23-45)35(39(32)24-29(40)34(31)51-39)37(48)43(21-7-2)28-19-17-27(18-20-28)42(8-3)9-4/h6-7,11-15,17-20,25,29,31-35,45H,1-2,8-10,16,21-24H2,3-5H3,(H,41,46)/t25-,29?,31-,32+,33-,34-,35-,39+/m1/s1. The van der Waals surface area contributed by atoms with Gasteiger partial charge in [-0.2, -0.15) is 0 Å². The molecule has 2 N–H and O–H groups in total. The maximum absolute atomic E-state index is 14.8. The maximum Gasteiger partial charge on any atom is 0.313 e. The van der Waals surface area contributed by atoms with Crippen LogP contribution < -0.4 is 15.1 Å². The summed E-state index contributed by atoms with van der Waals surface area (Å²) in [7, 11) is 0. The van der Waals surface area contributed by atoms with E-state index in [1.54, 1.807) is 24.0 Å². The summed E-state index contributed by atoms with van der Waals surface area (Å²) in [6.45, 7) is 14.8. The number of fused-ring (bicyclic) bond motifs is 1. The van der Waals surface area contributed by atoms with Crippen molar-refractivity contribution in [2.75, 3.05) is 42.6 Å². The largest absolute Gasteiger partial charge is 0.455 e. The number of rotatable bonds is 17. The summed E-state index contributed by atoms with van der Waals surface area (Å²) in [4.78, 5) is 61.0. The Morgan fingerprint density at radius 2 is 1.76 bits per heavy atom. The lowest BCUT2D eigenvalue weighted by Crippen LogP contribution is -2.57. The minimum Gasteiger partial charge on any atom is -0.455 e. The fourth-order valence-electron chi connectivity index (χ4n) is 8.00. The molecule has 51 heavy (non-hydrogen) atoms. The van der Waals surface area contributed by atoms with Crippen molar-refractivity contribution in [1.29, 1.82) is 0 Å². The van der Waals surface area contributed by atoms with Crippen molar-refractivity contribution in [3.8, 4) is 0 Å². The SMILES string of the molecule is C=CCCC(=O)N[C@H](C)[C@@H](OC(=O)[C@H]1[C@@H]2O[C@@]3(CC2Br)[C@@H]1C(=O)N(CCO)[C@@H]3C(=O)N(CC=C)c1ccc(N(CC)CC)cc1)c1ccccc1. The van der Waals surface area contributed by atoms with Gasteiger partial charge in [-0.3, -0.25) is 19.2 Å². The summed E-state index contributed by atoms with van der Waals surface area (Å²) in [6.07, 6.45) is 2.73. The van der Waals surface area contributed by atoms with Crippen LogP contribution in [0.1, 0.15) is 51.7 Å².